The van der Waals surface area contributed by atoms with E-state index >= 15 is 0 Å². The molecule has 0 spiro atoms. The van der Waals surface area contributed by atoms with Crippen LogP contribution in [0.1, 0.15) is 31.7 Å². The molecule has 5 nitrogen and oxygen atoms in total. The van der Waals surface area contributed by atoms with Crippen molar-refractivity contribution in [3.8, 4) is 29.4 Å². The van der Waals surface area contributed by atoms with Gasteiger partial charge in [0.2, 0.25) is 0 Å². The van der Waals surface area contributed by atoms with Crippen molar-refractivity contribution in [1.29, 1.82) is 0 Å². The van der Waals surface area contributed by atoms with E-state index in [-0.39, 0.29) is 12.3 Å². The molecule has 0 aliphatic heterocycles. The molecule has 1 aliphatic rings. The van der Waals surface area contributed by atoms with Crippen LogP contribution in [0.25, 0.3) is 22.2 Å². The summed E-state index contributed by atoms with van der Waals surface area (Å²) >= 11 is 6.37. The Labute approximate surface area is 204 Å². The van der Waals surface area contributed by atoms with Gasteiger partial charge in [-0.15, -0.1) is 6.42 Å². The highest BCUT2D eigenvalue weighted by Gasteiger charge is 2.25. The van der Waals surface area contributed by atoms with Gasteiger partial charge in [0.15, 0.2) is 5.06 Å². The average Bonchev–Trinajstić information content (AvgIpc) is 2.85. The van der Waals surface area contributed by atoms with Crippen LogP contribution in [0.4, 0.5) is 0 Å². The number of benzene rings is 2. The van der Waals surface area contributed by atoms with E-state index < -0.39 is 5.06 Å². The summed E-state index contributed by atoms with van der Waals surface area (Å²) in [6.07, 6.45) is 11.6. The molecule has 0 fully saturated rings. The summed E-state index contributed by atoms with van der Waals surface area (Å²) in [4.78, 5) is 17.7. The van der Waals surface area contributed by atoms with Gasteiger partial charge >= 0.3 is 5.69 Å². The van der Waals surface area contributed by atoms with Gasteiger partial charge < -0.3 is 9.47 Å². The predicted octanol–water partition coefficient (Wildman–Crippen LogP) is 5.67. The Morgan fingerprint density at radius 1 is 1.24 bits per heavy atom. The number of hydrogen-bond acceptors (Lipinski definition) is 4. The zero-order chi connectivity index (χ0) is 24.3. The molecule has 6 heteroatoms. The number of nitrogens with zero attached hydrogens (tertiary/aromatic N) is 2. The highest BCUT2D eigenvalue weighted by Crippen LogP contribution is 2.32. The molecule has 0 saturated heterocycles. The maximum Gasteiger partial charge on any atom is 0.348 e. The van der Waals surface area contributed by atoms with Crippen molar-refractivity contribution in [2.75, 3.05) is 13.7 Å². The molecular formula is C28H27ClN2O3. The lowest BCUT2D eigenvalue weighted by Crippen LogP contribution is -2.26. The second kappa shape index (κ2) is 9.89. The molecule has 1 unspecified atom stereocenters. The highest BCUT2D eigenvalue weighted by atomic mass is 35.5. The Bertz CT molecular complexity index is 1360. The molecule has 0 N–H and O–H groups in total. The Kier molecular flexibility index (Phi) is 6.92. The van der Waals surface area contributed by atoms with Crippen LogP contribution in [0, 0.1) is 12.3 Å². The monoisotopic (exact) mass is 474 g/mol. The first-order valence-corrected chi connectivity index (χ1v) is 11.5. The molecule has 4 rings (SSSR count). The fourth-order valence-corrected chi connectivity index (χ4v) is 4.10. The number of alkyl halides is 1. The standard InChI is InChI=1S/C28H27ClN2O3/c1-5-16-34-23-10-11-25-24(17-23)26(22-8-6-21(7-9-22)19(2)3)30-27(32)31(25)18-20-12-14-28(29,33-4)15-13-20/h1,6-14,17,19H,15-16,18H2,2-4H3. The topological polar surface area (TPSA) is 53.3 Å². The molecule has 0 amide bonds. The minimum Gasteiger partial charge on any atom is -0.481 e. The van der Waals surface area contributed by atoms with Crippen molar-refractivity contribution in [2.24, 2.45) is 0 Å². The first-order valence-electron chi connectivity index (χ1n) is 11.2. The van der Waals surface area contributed by atoms with Crippen molar-refractivity contribution in [3.05, 3.63) is 82.3 Å². The summed E-state index contributed by atoms with van der Waals surface area (Å²) < 4.78 is 12.7. The van der Waals surface area contributed by atoms with Gasteiger partial charge in [0.25, 0.3) is 0 Å². The second-order valence-corrected chi connectivity index (χ2v) is 9.22. The lowest BCUT2D eigenvalue weighted by molar-refractivity contribution is 0.106. The van der Waals surface area contributed by atoms with Crippen LogP contribution in [-0.4, -0.2) is 28.3 Å². The average molecular weight is 475 g/mol. The van der Waals surface area contributed by atoms with E-state index in [1.807, 2.05) is 42.5 Å². The van der Waals surface area contributed by atoms with Gasteiger partial charge in [0.1, 0.15) is 12.4 Å². The molecule has 0 bridgehead atoms. The molecule has 0 radical (unpaired) electrons. The summed E-state index contributed by atoms with van der Waals surface area (Å²) in [5.74, 6) is 3.52. The number of methoxy groups -OCH3 is 1. The van der Waals surface area contributed by atoms with Gasteiger partial charge in [0.05, 0.1) is 17.8 Å². The van der Waals surface area contributed by atoms with Crippen LogP contribution < -0.4 is 10.4 Å². The Balaban J connectivity index is 1.81. The minimum absolute atomic E-state index is 0.161. The summed E-state index contributed by atoms with van der Waals surface area (Å²) in [5.41, 5.74) is 4.11. The second-order valence-electron chi connectivity index (χ2n) is 8.58. The van der Waals surface area contributed by atoms with E-state index in [9.17, 15) is 4.79 Å². The summed E-state index contributed by atoms with van der Waals surface area (Å²) in [6, 6.07) is 13.7. The van der Waals surface area contributed by atoms with Crippen molar-refractivity contribution in [3.63, 3.8) is 0 Å². The highest BCUT2D eigenvalue weighted by molar-refractivity contribution is 6.24. The van der Waals surface area contributed by atoms with E-state index in [2.05, 4.69) is 36.9 Å². The molecule has 34 heavy (non-hydrogen) atoms. The van der Waals surface area contributed by atoms with Crippen LogP contribution in [0.5, 0.6) is 5.75 Å². The zero-order valence-corrected chi connectivity index (χ0v) is 20.3. The number of hydrogen-bond donors (Lipinski definition) is 0. The number of rotatable bonds is 7. The summed E-state index contributed by atoms with van der Waals surface area (Å²) in [7, 11) is 1.57. The zero-order valence-electron chi connectivity index (χ0n) is 19.5. The van der Waals surface area contributed by atoms with Gasteiger partial charge in [0, 0.05) is 24.5 Å². The number of allylic oxidation sites excluding steroid dienone is 2. The molecule has 3 aromatic rings. The molecule has 2 aromatic carbocycles. The first-order chi connectivity index (χ1) is 16.3. The first kappa shape index (κ1) is 23.8. The van der Waals surface area contributed by atoms with Crippen LogP contribution in [-0.2, 0) is 11.3 Å². The molecule has 1 aliphatic carbocycles. The lowest BCUT2D eigenvalue weighted by Gasteiger charge is -2.24. The van der Waals surface area contributed by atoms with Gasteiger partial charge in [-0.1, -0.05) is 67.8 Å². The van der Waals surface area contributed by atoms with Gasteiger partial charge in [-0.3, -0.25) is 4.57 Å². The van der Waals surface area contributed by atoms with Crippen molar-refractivity contribution in [1.82, 2.24) is 9.55 Å². The normalized spacial score (nSPS) is 17.6. The number of ether oxygens (including phenoxy) is 2. The van der Waals surface area contributed by atoms with Crippen LogP contribution in [0.3, 0.4) is 0 Å². The van der Waals surface area contributed by atoms with E-state index in [4.69, 9.17) is 27.5 Å². The molecule has 0 saturated carbocycles. The van der Waals surface area contributed by atoms with Crippen molar-refractivity contribution in [2.45, 2.75) is 37.8 Å². The van der Waals surface area contributed by atoms with Crippen molar-refractivity contribution >= 4 is 22.5 Å². The van der Waals surface area contributed by atoms with Crippen LogP contribution in [0.2, 0.25) is 0 Å². The molecule has 1 heterocycles. The molecular weight excluding hydrogens is 448 g/mol. The largest absolute Gasteiger partial charge is 0.481 e. The Morgan fingerprint density at radius 3 is 2.62 bits per heavy atom. The fraction of sp³-hybridized carbons (Fsp3) is 0.286. The van der Waals surface area contributed by atoms with Crippen molar-refractivity contribution < 1.29 is 9.47 Å². The Hall–Kier alpha value is -3.33. The number of halogens is 1. The number of terminal acetylenes is 1. The minimum atomic E-state index is -0.843. The quantitative estimate of drug-likeness (QED) is 0.327. The molecule has 1 aromatic heterocycles. The van der Waals surface area contributed by atoms with Gasteiger partial charge in [-0.25, -0.2) is 4.79 Å². The fourth-order valence-electron chi connectivity index (χ4n) is 3.96. The SMILES string of the molecule is C#CCOc1ccc2c(c1)c(-c1ccc(C(C)C)cc1)nc(=O)n2CC1=CCC(Cl)(OC)C=C1. The van der Waals surface area contributed by atoms with E-state index in [0.717, 1.165) is 22.0 Å². The maximum atomic E-state index is 13.2. The van der Waals surface area contributed by atoms with E-state index in [1.165, 1.54) is 5.56 Å². The Morgan fingerprint density at radius 2 is 2.00 bits per heavy atom. The third-order valence-electron chi connectivity index (χ3n) is 5.99. The van der Waals surface area contributed by atoms with Crippen LogP contribution in [0.15, 0.2) is 71.1 Å². The van der Waals surface area contributed by atoms with E-state index in [0.29, 0.717) is 30.3 Å². The molecule has 174 valence electrons. The predicted molar refractivity (Wildman–Crippen MR) is 137 cm³/mol. The third kappa shape index (κ3) is 4.94. The number of aromatic nitrogens is 2. The smallest absolute Gasteiger partial charge is 0.348 e. The van der Waals surface area contributed by atoms with E-state index in [1.54, 1.807) is 17.8 Å². The summed E-state index contributed by atoms with van der Waals surface area (Å²) in [5, 5.41) is -0.0280. The number of fused-ring (bicyclic) bond motifs is 1. The third-order valence-corrected chi connectivity index (χ3v) is 6.43. The van der Waals surface area contributed by atoms with Gasteiger partial charge in [-0.2, -0.15) is 4.98 Å². The lowest BCUT2D eigenvalue weighted by atomic mass is 9.99. The maximum absolute atomic E-state index is 13.2. The summed E-state index contributed by atoms with van der Waals surface area (Å²) in [6.45, 7) is 4.82. The van der Waals surface area contributed by atoms with Gasteiger partial charge in [-0.05, 0) is 41.3 Å². The van der Waals surface area contributed by atoms with Crippen LogP contribution >= 0.6 is 11.6 Å². The molecule has 1 atom stereocenters.